The number of ether oxygens (including phenoxy) is 4. The van der Waals surface area contributed by atoms with Gasteiger partial charge in [-0.05, 0) is 54.4 Å². The molecule has 0 radical (unpaired) electrons. The molecule has 0 saturated heterocycles. The number of nitrogens with one attached hydrogen (secondary N) is 1. The molecule has 1 aliphatic heterocycles. The summed E-state index contributed by atoms with van der Waals surface area (Å²) in [6.07, 6.45) is -0.137. The Morgan fingerprint density at radius 1 is 1.05 bits per heavy atom. The van der Waals surface area contributed by atoms with Crippen LogP contribution < -0.4 is 18.9 Å². The van der Waals surface area contributed by atoms with Crippen LogP contribution in [0.3, 0.4) is 0 Å². The average molecular weight is 546 g/mol. The van der Waals surface area contributed by atoms with Crippen molar-refractivity contribution in [1.29, 1.82) is 0 Å². The summed E-state index contributed by atoms with van der Waals surface area (Å²) in [5, 5.41) is -0.0352. The summed E-state index contributed by atoms with van der Waals surface area (Å²) in [7, 11) is -3.03. The van der Waals surface area contributed by atoms with Crippen molar-refractivity contribution >= 4 is 33.5 Å². The lowest BCUT2D eigenvalue weighted by Gasteiger charge is -2.22. The number of halogens is 1. The number of hydrogen-bond acceptors (Lipinski definition) is 8. The van der Waals surface area contributed by atoms with Gasteiger partial charge in [-0.2, -0.15) is 0 Å². The zero-order valence-corrected chi connectivity index (χ0v) is 21.6. The third-order valence-corrected chi connectivity index (χ3v) is 7.39. The molecule has 0 saturated carbocycles. The van der Waals surface area contributed by atoms with Crippen molar-refractivity contribution in [2.75, 3.05) is 13.9 Å². The number of amides is 1. The summed E-state index contributed by atoms with van der Waals surface area (Å²) in [6.45, 7) is 1.97. The standard InChI is InChI=1S/C26H24ClNO8S/c1-3-6-16-13-18(26(30)33-2)10-11-20(16)36-24(17-9-12-21-22(14-17)35-15-34-21)25(29)28-37(31,32)23-8-5-4-7-19(23)27/h4-5,7-14,24H,3,6,15H2,1-2H3,(H,28,29). The Kier molecular flexibility index (Phi) is 7.89. The summed E-state index contributed by atoms with van der Waals surface area (Å²) in [5.74, 6) is -0.274. The van der Waals surface area contributed by atoms with Gasteiger partial charge < -0.3 is 18.9 Å². The van der Waals surface area contributed by atoms with Crippen molar-refractivity contribution in [1.82, 2.24) is 4.72 Å². The van der Waals surface area contributed by atoms with Crippen LogP contribution in [0.5, 0.6) is 17.2 Å². The molecule has 0 spiro atoms. The second kappa shape index (κ2) is 11.1. The van der Waals surface area contributed by atoms with Gasteiger partial charge in [0, 0.05) is 5.56 Å². The van der Waals surface area contributed by atoms with Gasteiger partial charge in [-0.1, -0.05) is 43.1 Å². The number of hydrogen-bond donors (Lipinski definition) is 1. The topological polar surface area (TPSA) is 117 Å². The number of benzene rings is 3. The molecule has 0 aromatic heterocycles. The largest absolute Gasteiger partial charge is 0.475 e. The molecule has 1 unspecified atom stereocenters. The molecular weight excluding hydrogens is 522 g/mol. The van der Waals surface area contributed by atoms with Gasteiger partial charge in [-0.25, -0.2) is 17.9 Å². The molecule has 1 atom stereocenters. The molecule has 4 rings (SSSR count). The fraction of sp³-hybridized carbons (Fsp3) is 0.231. The Bertz CT molecular complexity index is 1440. The summed E-state index contributed by atoms with van der Waals surface area (Å²) >= 11 is 6.06. The lowest BCUT2D eigenvalue weighted by atomic mass is 10.0. The zero-order valence-electron chi connectivity index (χ0n) is 20.0. The van der Waals surface area contributed by atoms with E-state index >= 15 is 0 Å². The van der Waals surface area contributed by atoms with Crippen molar-refractivity contribution in [3.8, 4) is 17.2 Å². The van der Waals surface area contributed by atoms with Gasteiger partial charge in [-0.3, -0.25) is 4.79 Å². The summed E-state index contributed by atoms with van der Waals surface area (Å²) in [6, 6.07) is 15.2. The number of aryl methyl sites for hydroxylation is 1. The van der Waals surface area contributed by atoms with E-state index in [1.807, 2.05) is 6.92 Å². The first-order chi connectivity index (χ1) is 17.7. The number of carbonyl (C=O) groups excluding carboxylic acids is 2. The van der Waals surface area contributed by atoms with Crippen LogP contribution in [0.25, 0.3) is 0 Å². The van der Waals surface area contributed by atoms with E-state index < -0.39 is 28.0 Å². The van der Waals surface area contributed by atoms with Crippen LogP contribution in [0.1, 0.15) is 40.9 Å². The van der Waals surface area contributed by atoms with E-state index in [1.54, 1.807) is 36.4 Å². The molecule has 194 valence electrons. The minimum absolute atomic E-state index is 0.0209. The van der Waals surface area contributed by atoms with E-state index in [4.69, 9.17) is 30.5 Å². The highest BCUT2D eigenvalue weighted by atomic mass is 35.5. The average Bonchev–Trinajstić information content (AvgIpc) is 3.35. The second-order valence-electron chi connectivity index (χ2n) is 8.07. The summed E-state index contributed by atoms with van der Waals surface area (Å²) < 4.78 is 49.8. The van der Waals surface area contributed by atoms with Crippen LogP contribution in [-0.4, -0.2) is 34.2 Å². The van der Waals surface area contributed by atoms with E-state index in [2.05, 4.69) is 4.72 Å². The fourth-order valence-electron chi connectivity index (χ4n) is 3.78. The van der Waals surface area contributed by atoms with Crippen LogP contribution in [-0.2, 0) is 26.0 Å². The maximum absolute atomic E-state index is 13.4. The lowest BCUT2D eigenvalue weighted by Crippen LogP contribution is -2.37. The highest BCUT2D eigenvalue weighted by Gasteiger charge is 2.31. The van der Waals surface area contributed by atoms with E-state index in [1.165, 1.54) is 31.4 Å². The molecule has 3 aromatic rings. The maximum atomic E-state index is 13.4. The highest BCUT2D eigenvalue weighted by Crippen LogP contribution is 2.36. The van der Waals surface area contributed by atoms with Gasteiger partial charge >= 0.3 is 5.97 Å². The molecule has 3 aromatic carbocycles. The normalized spacial score (nSPS) is 13.1. The summed E-state index contributed by atoms with van der Waals surface area (Å²) in [5.41, 5.74) is 1.30. The Morgan fingerprint density at radius 2 is 1.81 bits per heavy atom. The van der Waals surface area contributed by atoms with Crippen molar-refractivity contribution in [2.45, 2.75) is 30.8 Å². The highest BCUT2D eigenvalue weighted by molar-refractivity contribution is 7.90. The third kappa shape index (κ3) is 5.81. The second-order valence-corrected chi connectivity index (χ2v) is 10.1. The number of carbonyl (C=O) groups is 2. The van der Waals surface area contributed by atoms with Gasteiger partial charge in [0.05, 0.1) is 17.7 Å². The van der Waals surface area contributed by atoms with E-state index in [0.717, 1.165) is 6.42 Å². The Labute approximate surface area is 219 Å². The molecule has 1 N–H and O–H groups in total. The van der Waals surface area contributed by atoms with E-state index in [-0.39, 0.29) is 16.7 Å². The first kappa shape index (κ1) is 26.3. The van der Waals surface area contributed by atoms with Crippen LogP contribution >= 0.6 is 11.6 Å². The molecule has 9 nitrogen and oxygen atoms in total. The predicted molar refractivity (Wildman–Crippen MR) is 134 cm³/mol. The molecule has 0 fully saturated rings. The van der Waals surface area contributed by atoms with Gasteiger partial charge in [0.15, 0.2) is 11.5 Å². The van der Waals surface area contributed by atoms with Crippen LogP contribution in [0, 0.1) is 0 Å². The Hall–Kier alpha value is -3.76. The summed E-state index contributed by atoms with van der Waals surface area (Å²) in [4.78, 5) is 25.2. The molecule has 1 aliphatic rings. The van der Waals surface area contributed by atoms with Crippen LogP contribution in [0.2, 0.25) is 5.02 Å². The molecule has 0 aliphatic carbocycles. The van der Waals surface area contributed by atoms with Gasteiger partial charge in [0.2, 0.25) is 12.9 Å². The van der Waals surface area contributed by atoms with E-state index in [9.17, 15) is 18.0 Å². The molecule has 0 bridgehead atoms. The predicted octanol–water partition coefficient (Wildman–Crippen LogP) is 4.43. The molecule has 11 heteroatoms. The SMILES string of the molecule is CCCc1cc(C(=O)OC)ccc1OC(C(=O)NS(=O)(=O)c1ccccc1Cl)c1ccc2c(c1)OCO2. The zero-order chi connectivity index (χ0) is 26.6. The number of esters is 1. The van der Waals surface area contributed by atoms with Crippen molar-refractivity contribution < 1.29 is 37.0 Å². The van der Waals surface area contributed by atoms with E-state index in [0.29, 0.717) is 40.4 Å². The van der Waals surface area contributed by atoms with Crippen LogP contribution in [0.4, 0.5) is 0 Å². The first-order valence-corrected chi connectivity index (χ1v) is 13.2. The smallest absolute Gasteiger partial charge is 0.337 e. The first-order valence-electron chi connectivity index (χ1n) is 11.3. The minimum atomic E-state index is -4.32. The van der Waals surface area contributed by atoms with Crippen molar-refractivity contribution in [2.24, 2.45) is 0 Å². The molecular formula is C26H24ClNO8S. The lowest BCUT2D eigenvalue weighted by molar-refractivity contribution is -0.126. The van der Waals surface area contributed by atoms with Gasteiger partial charge in [0.1, 0.15) is 10.6 Å². The third-order valence-electron chi connectivity index (χ3n) is 5.54. The number of rotatable bonds is 9. The molecule has 37 heavy (non-hydrogen) atoms. The number of fused-ring (bicyclic) bond motifs is 1. The van der Waals surface area contributed by atoms with Crippen LogP contribution in [0.15, 0.2) is 65.6 Å². The monoisotopic (exact) mass is 545 g/mol. The quantitative estimate of drug-likeness (QED) is 0.392. The molecule has 1 heterocycles. The Balaban J connectivity index is 1.72. The van der Waals surface area contributed by atoms with Gasteiger partial charge in [-0.15, -0.1) is 0 Å². The maximum Gasteiger partial charge on any atom is 0.337 e. The number of methoxy groups -OCH3 is 1. The van der Waals surface area contributed by atoms with Crippen molar-refractivity contribution in [3.05, 3.63) is 82.4 Å². The molecule has 1 amide bonds. The fourth-order valence-corrected chi connectivity index (χ4v) is 5.29. The minimum Gasteiger partial charge on any atom is -0.475 e. The van der Waals surface area contributed by atoms with Gasteiger partial charge in [0.25, 0.3) is 15.9 Å². The number of sulfonamides is 1. The Morgan fingerprint density at radius 3 is 2.54 bits per heavy atom. The van der Waals surface area contributed by atoms with Crippen molar-refractivity contribution in [3.63, 3.8) is 0 Å².